The van der Waals surface area contributed by atoms with Gasteiger partial charge in [-0.1, -0.05) is 6.92 Å². The zero-order valence-corrected chi connectivity index (χ0v) is 10.9. The molecule has 1 saturated carbocycles. The molecule has 1 aliphatic rings. The van der Waals surface area contributed by atoms with Crippen molar-refractivity contribution in [3.8, 4) is 0 Å². The number of aromatic nitrogens is 1. The number of amides is 1. The Labute approximate surface area is 109 Å². The topological polar surface area (TPSA) is 79.3 Å². The lowest BCUT2D eigenvalue weighted by Crippen LogP contribution is -2.34. The number of hydrogen-bond acceptors (Lipinski definition) is 4. The van der Waals surface area contributed by atoms with Gasteiger partial charge in [0.2, 0.25) is 5.91 Å². The van der Waals surface area contributed by atoms with Gasteiger partial charge in [-0.25, -0.2) is 0 Å². The highest BCUT2D eigenvalue weighted by Crippen LogP contribution is 2.36. The van der Waals surface area contributed by atoms with Crippen LogP contribution in [0.15, 0.2) is 11.7 Å². The predicted octanol–water partition coefficient (Wildman–Crippen LogP) is 1.51. The molecule has 0 spiro atoms. The zero-order valence-electron chi connectivity index (χ0n) is 10.1. The summed E-state index contributed by atoms with van der Waals surface area (Å²) in [5.41, 5.74) is 1.71. The summed E-state index contributed by atoms with van der Waals surface area (Å²) in [7, 11) is 0. The van der Waals surface area contributed by atoms with Crippen LogP contribution in [0.4, 0.5) is 0 Å². The molecule has 1 aliphatic carbocycles. The average molecular weight is 268 g/mol. The molecule has 1 aromatic heterocycles. The van der Waals surface area contributed by atoms with Crippen LogP contribution in [0.5, 0.6) is 0 Å². The van der Waals surface area contributed by atoms with Crippen LogP contribution in [0, 0.1) is 17.8 Å². The number of carboxylic acid groups (broad SMARTS) is 1. The number of rotatable bonds is 4. The lowest BCUT2D eigenvalue weighted by molar-refractivity contribution is -0.146. The van der Waals surface area contributed by atoms with Crippen LogP contribution in [0.25, 0.3) is 0 Å². The smallest absolute Gasteiger partial charge is 0.307 e. The molecule has 1 amide bonds. The van der Waals surface area contributed by atoms with Gasteiger partial charge in [-0.3, -0.25) is 14.6 Å². The van der Waals surface area contributed by atoms with E-state index in [1.54, 1.807) is 11.7 Å². The van der Waals surface area contributed by atoms with Crippen molar-refractivity contribution < 1.29 is 14.7 Å². The average Bonchev–Trinajstić information content (AvgIpc) is 2.94. The molecule has 6 heteroatoms. The molecular weight excluding hydrogens is 252 g/mol. The van der Waals surface area contributed by atoms with Crippen LogP contribution in [0.3, 0.4) is 0 Å². The monoisotopic (exact) mass is 268 g/mol. The van der Waals surface area contributed by atoms with E-state index in [1.165, 1.54) is 11.3 Å². The quantitative estimate of drug-likeness (QED) is 0.867. The van der Waals surface area contributed by atoms with Crippen molar-refractivity contribution in [2.24, 2.45) is 17.8 Å². The van der Waals surface area contributed by atoms with Gasteiger partial charge in [0, 0.05) is 11.1 Å². The molecule has 1 fully saturated rings. The molecule has 98 valence electrons. The molecule has 1 aromatic rings. The first-order valence-electron chi connectivity index (χ1n) is 5.95. The third-order valence-electron chi connectivity index (χ3n) is 3.37. The minimum Gasteiger partial charge on any atom is -0.481 e. The molecule has 0 aliphatic heterocycles. The van der Waals surface area contributed by atoms with Gasteiger partial charge in [-0.2, -0.15) is 0 Å². The number of carboxylic acids is 1. The normalized spacial score (nSPS) is 27.1. The van der Waals surface area contributed by atoms with E-state index in [1.807, 2.05) is 6.92 Å². The number of nitrogens with zero attached hydrogens (tertiary/aromatic N) is 1. The highest BCUT2D eigenvalue weighted by molar-refractivity contribution is 7.09. The zero-order chi connectivity index (χ0) is 13.1. The molecule has 0 bridgehead atoms. The van der Waals surface area contributed by atoms with E-state index in [0.29, 0.717) is 25.3 Å². The predicted molar refractivity (Wildman–Crippen MR) is 67.0 cm³/mol. The Bertz CT molecular complexity index is 433. The van der Waals surface area contributed by atoms with Crippen LogP contribution in [-0.4, -0.2) is 22.0 Å². The molecule has 0 radical (unpaired) electrons. The Morgan fingerprint density at radius 1 is 1.50 bits per heavy atom. The second-order valence-electron chi connectivity index (χ2n) is 4.81. The van der Waals surface area contributed by atoms with Gasteiger partial charge >= 0.3 is 5.97 Å². The van der Waals surface area contributed by atoms with E-state index in [4.69, 9.17) is 5.11 Å². The van der Waals surface area contributed by atoms with Crippen molar-refractivity contribution in [1.82, 2.24) is 10.3 Å². The van der Waals surface area contributed by atoms with Gasteiger partial charge in [-0.05, 0) is 18.8 Å². The molecule has 0 saturated heterocycles. The van der Waals surface area contributed by atoms with Crippen molar-refractivity contribution in [1.29, 1.82) is 0 Å². The van der Waals surface area contributed by atoms with Crippen molar-refractivity contribution in [2.75, 3.05) is 0 Å². The second kappa shape index (κ2) is 5.48. The summed E-state index contributed by atoms with van der Waals surface area (Å²) in [5, 5.41) is 11.9. The largest absolute Gasteiger partial charge is 0.481 e. The van der Waals surface area contributed by atoms with Gasteiger partial charge in [0.25, 0.3) is 0 Å². The number of carbonyl (C=O) groups excluding carboxylic acids is 1. The first kappa shape index (κ1) is 13.0. The number of nitrogens with one attached hydrogen (secondary N) is 1. The van der Waals surface area contributed by atoms with Crippen LogP contribution < -0.4 is 5.32 Å². The number of thiazole rings is 1. The summed E-state index contributed by atoms with van der Waals surface area (Å²) in [5.74, 6) is -1.66. The highest BCUT2D eigenvalue weighted by Gasteiger charge is 2.40. The standard InChI is InChI=1S/C12H16N2O3S/c1-7-2-9(10(3-7)12(16)17)11(15)14-5-8-4-13-6-18-8/h4,6-7,9-10H,2-3,5H2,1H3,(H,14,15)(H,16,17)/t7?,9-,10+/m0/s1. The van der Waals surface area contributed by atoms with Crippen molar-refractivity contribution in [3.63, 3.8) is 0 Å². The van der Waals surface area contributed by atoms with E-state index < -0.39 is 17.8 Å². The summed E-state index contributed by atoms with van der Waals surface area (Å²) in [6, 6.07) is 0. The van der Waals surface area contributed by atoms with E-state index in [2.05, 4.69) is 10.3 Å². The molecule has 3 atom stereocenters. The summed E-state index contributed by atoms with van der Waals surface area (Å²) < 4.78 is 0. The molecule has 18 heavy (non-hydrogen) atoms. The van der Waals surface area contributed by atoms with Gasteiger partial charge < -0.3 is 10.4 Å². The molecule has 2 N–H and O–H groups in total. The van der Waals surface area contributed by atoms with E-state index in [-0.39, 0.29) is 5.91 Å². The fraction of sp³-hybridized carbons (Fsp3) is 0.583. The second-order valence-corrected chi connectivity index (χ2v) is 5.78. The maximum Gasteiger partial charge on any atom is 0.307 e. The Morgan fingerprint density at radius 2 is 2.22 bits per heavy atom. The molecule has 0 aromatic carbocycles. The Hall–Kier alpha value is -1.43. The molecule has 1 heterocycles. The van der Waals surface area contributed by atoms with Crippen LogP contribution in [0.1, 0.15) is 24.6 Å². The van der Waals surface area contributed by atoms with E-state index >= 15 is 0 Å². The molecule has 1 unspecified atom stereocenters. The van der Waals surface area contributed by atoms with Crippen molar-refractivity contribution >= 4 is 23.2 Å². The third-order valence-corrected chi connectivity index (χ3v) is 4.15. The van der Waals surface area contributed by atoms with Gasteiger partial charge in [0.05, 0.1) is 23.9 Å². The molecule has 5 nitrogen and oxygen atoms in total. The Morgan fingerprint density at radius 3 is 2.83 bits per heavy atom. The van der Waals surface area contributed by atoms with Gasteiger partial charge in [0.1, 0.15) is 0 Å². The first-order chi connectivity index (χ1) is 8.58. The summed E-state index contributed by atoms with van der Waals surface area (Å²) in [6.45, 7) is 2.42. The number of hydrogen-bond donors (Lipinski definition) is 2. The summed E-state index contributed by atoms with van der Waals surface area (Å²) >= 11 is 1.47. The fourth-order valence-electron chi connectivity index (χ4n) is 2.49. The van der Waals surface area contributed by atoms with Crippen LogP contribution >= 0.6 is 11.3 Å². The summed E-state index contributed by atoms with van der Waals surface area (Å²) in [4.78, 5) is 28.0. The lowest BCUT2D eigenvalue weighted by atomic mass is 9.95. The van der Waals surface area contributed by atoms with Crippen molar-refractivity contribution in [3.05, 3.63) is 16.6 Å². The van der Waals surface area contributed by atoms with E-state index in [9.17, 15) is 9.59 Å². The molecule has 2 rings (SSSR count). The highest BCUT2D eigenvalue weighted by atomic mass is 32.1. The Kier molecular flexibility index (Phi) is 3.96. The first-order valence-corrected chi connectivity index (χ1v) is 6.83. The number of carbonyl (C=O) groups is 2. The van der Waals surface area contributed by atoms with Crippen LogP contribution in [-0.2, 0) is 16.1 Å². The van der Waals surface area contributed by atoms with Crippen LogP contribution in [0.2, 0.25) is 0 Å². The van der Waals surface area contributed by atoms with Crippen molar-refractivity contribution in [2.45, 2.75) is 26.3 Å². The SMILES string of the molecule is CC1C[C@H](C(=O)NCc2cncs2)[C@H](C(=O)O)C1. The summed E-state index contributed by atoms with van der Waals surface area (Å²) in [6.07, 6.45) is 2.95. The maximum atomic E-state index is 12.0. The lowest BCUT2D eigenvalue weighted by Gasteiger charge is -2.14. The minimum absolute atomic E-state index is 0.153. The van der Waals surface area contributed by atoms with E-state index in [0.717, 1.165) is 4.88 Å². The third kappa shape index (κ3) is 2.87. The molecular formula is C12H16N2O3S. The van der Waals surface area contributed by atoms with Gasteiger partial charge in [0.15, 0.2) is 0 Å². The number of aliphatic carboxylic acids is 1. The maximum absolute atomic E-state index is 12.0. The Balaban J connectivity index is 1.93. The fourth-order valence-corrected chi connectivity index (χ4v) is 3.02. The van der Waals surface area contributed by atoms with Gasteiger partial charge in [-0.15, -0.1) is 11.3 Å². The minimum atomic E-state index is -0.864.